The molecule has 212 valence electrons. The van der Waals surface area contributed by atoms with E-state index in [0.29, 0.717) is 10.7 Å². The summed E-state index contributed by atoms with van der Waals surface area (Å²) in [5.74, 6) is 0. The van der Waals surface area contributed by atoms with Crippen LogP contribution < -0.4 is 14.8 Å². The van der Waals surface area contributed by atoms with E-state index in [1.54, 1.807) is 12.3 Å². The van der Waals surface area contributed by atoms with Crippen LogP contribution in [-0.2, 0) is 25.7 Å². The first-order valence-corrected chi connectivity index (χ1v) is 15.2. The van der Waals surface area contributed by atoms with Crippen LogP contribution in [0, 0.1) is 10.4 Å². The van der Waals surface area contributed by atoms with Crippen molar-refractivity contribution >= 4 is 34.8 Å². The van der Waals surface area contributed by atoms with Gasteiger partial charge in [-0.3, -0.25) is 4.90 Å². The molecule has 2 aromatic heterocycles. The van der Waals surface area contributed by atoms with Crippen molar-refractivity contribution in [3.05, 3.63) is 138 Å². The fourth-order valence-corrected chi connectivity index (χ4v) is 7.16. The zero-order valence-electron chi connectivity index (χ0n) is 22.5. The number of halogens is 3. The van der Waals surface area contributed by atoms with Gasteiger partial charge in [0.25, 0.3) is 0 Å². The normalized spacial score (nSPS) is 19.8. The zero-order chi connectivity index (χ0) is 28.5. The Bertz CT molecular complexity index is 1580. The van der Waals surface area contributed by atoms with Gasteiger partial charge < -0.3 is 15.7 Å². The minimum Gasteiger partial charge on any atom is -0.618 e. The Hall–Kier alpha value is -2.87. The SMILES string of the molecule is [O-][n+]1cccc2c1C(Cl)c1ccc(Cl)cc1CC2.[O-][n+]1cccc2c1C(N1CCNCC1)c1ccc(Cl)cc1CC2. The maximum absolute atomic E-state index is 12.6. The van der Waals surface area contributed by atoms with Crippen molar-refractivity contribution in [2.45, 2.75) is 37.1 Å². The second-order valence-electron chi connectivity index (χ2n) is 10.7. The van der Waals surface area contributed by atoms with Crippen LogP contribution in [0.2, 0.25) is 10.0 Å². The topological polar surface area (TPSA) is 69.2 Å². The molecule has 2 aliphatic carbocycles. The monoisotopic (exact) mass is 608 g/mol. The molecule has 7 rings (SSSR count). The highest BCUT2D eigenvalue weighted by molar-refractivity contribution is 6.31. The van der Waals surface area contributed by atoms with Gasteiger partial charge in [0, 0.05) is 59.5 Å². The molecule has 2 unspecified atom stereocenters. The summed E-state index contributed by atoms with van der Waals surface area (Å²) in [6, 6.07) is 19.5. The molecule has 1 aliphatic heterocycles. The number of fused-ring (bicyclic) bond motifs is 4. The molecule has 3 heterocycles. The van der Waals surface area contributed by atoms with Crippen molar-refractivity contribution in [3.8, 4) is 0 Å². The number of hydrogen-bond donors (Lipinski definition) is 1. The lowest BCUT2D eigenvalue weighted by atomic mass is 9.96. The van der Waals surface area contributed by atoms with Crippen molar-refractivity contribution in [1.82, 2.24) is 10.2 Å². The Labute approximate surface area is 255 Å². The molecule has 2 atom stereocenters. The first-order valence-electron chi connectivity index (χ1n) is 14.0. The average Bonchev–Trinajstić information content (AvgIpc) is 3.23. The molecule has 0 radical (unpaired) electrons. The maximum atomic E-state index is 12.6. The van der Waals surface area contributed by atoms with E-state index in [-0.39, 0.29) is 6.04 Å². The molecule has 1 fully saturated rings. The van der Waals surface area contributed by atoms with E-state index in [1.807, 2.05) is 36.4 Å². The maximum Gasteiger partial charge on any atom is 0.218 e. The minimum atomic E-state index is -0.409. The van der Waals surface area contributed by atoms with Crippen molar-refractivity contribution in [1.29, 1.82) is 0 Å². The summed E-state index contributed by atoms with van der Waals surface area (Å²) in [6.45, 7) is 3.81. The molecule has 0 saturated carbocycles. The number of aryl methyl sites for hydroxylation is 4. The van der Waals surface area contributed by atoms with Gasteiger partial charge in [-0.2, -0.15) is 9.46 Å². The summed E-state index contributed by atoms with van der Waals surface area (Å²) in [7, 11) is 0. The van der Waals surface area contributed by atoms with Gasteiger partial charge >= 0.3 is 0 Å². The van der Waals surface area contributed by atoms with Crippen molar-refractivity contribution in [2.24, 2.45) is 0 Å². The molecule has 4 aromatic rings. The van der Waals surface area contributed by atoms with Crippen LogP contribution in [0.5, 0.6) is 0 Å². The van der Waals surface area contributed by atoms with E-state index in [1.165, 1.54) is 17.3 Å². The van der Waals surface area contributed by atoms with E-state index < -0.39 is 5.38 Å². The third kappa shape index (κ3) is 5.77. The molecular weight excluding hydrogens is 579 g/mol. The number of alkyl halides is 1. The third-order valence-corrected chi connectivity index (χ3v) is 9.20. The van der Waals surface area contributed by atoms with Crippen molar-refractivity contribution in [2.75, 3.05) is 26.2 Å². The van der Waals surface area contributed by atoms with Gasteiger partial charge in [-0.25, -0.2) is 0 Å². The molecule has 2 aromatic carbocycles. The lowest BCUT2D eigenvalue weighted by Crippen LogP contribution is -2.48. The van der Waals surface area contributed by atoms with Gasteiger partial charge in [0.15, 0.2) is 12.4 Å². The third-order valence-electron chi connectivity index (χ3n) is 8.29. The number of hydrogen-bond acceptors (Lipinski definition) is 4. The van der Waals surface area contributed by atoms with Gasteiger partial charge in [0.2, 0.25) is 11.4 Å². The van der Waals surface area contributed by atoms with Crippen LogP contribution in [0.25, 0.3) is 0 Å². The van der Waals surface area contributed by atoms with E-state index in [9.17, 15) is 10.4 Å². The number of rotatable bonds is 1. The van der Waals surface area contributed by atoms with Crippen molar-refractivity contribution < 1.29 is 9.46 Å². The number of benzene rings is 2. The molecule has 0 bridgehead atoms. The summed E-state index contributed by atoms with van der Waals surface area (Å²) >= 11 is 18.7. The quantitative estimate of drug-likeness (QED) is 0.177. The highest BCUT2D eigenvalue weighted by Crippen LogP contribution is 2.37. The van der Waals surface area contributed by atoms with Crippen LogP contribution in [0.15, 0.2) is 73.1 Å². The molecule has 9 heteroatoms. The Kier molecular flexibility index (Phi) is 8.38. The van der Waals surface area contributed by atoms with Crippen molar-refractivity contribution in [3.63, 3.8) is 0 Å². The number of pyridine rings is 2. The Morgan fingerprint density at radius 1 is 0.683 bits per heavy atom. The summed E-state index contributed by atoms with van der Waals surface area (Å²) in [5, 5.41) is 29.0. The van der Waals surface area contributed by atoms with Crippen LogP contribution in [0.3, 0.4) is 0 Å². The standard InChI is InChI=1S/C18H20ClN3O.C14H11Cl2NO/c19-15-5-6-16-14(12-15)4-3-13-2-1-9-22(23)17(13)18(16)21-10-7-20-8-11-21;15-11-5-6-12-10(8-11)4-3-9-2-1-7-17(18)14(9)13(12)16/h1-2,5-6,9,12,18,20H,3-4,7-8,10-11H2;1-2,5-8,13H,3-4H2. The van der Waals surface area contributed by atoms with Gasteiger partial charge in [-0.1, -0.05) is 35.3 Å². The van der Waals surface area contributed by atoms with E-state index in [4.69, 9.17) is 34.8 Å². The van der Waals surface area contributed by atoms with Crippen LogP contribution in [-0.4, -0.2) is 31.1 Å². The fraction of sp³-hybridized carbons (Fsp3) is 0.312. The Morgan fingerprint density at radius 2 is 1.20 bits per heavy atom. The number of aromatic nitrogens is 2. The predicted octanol–water partition coefficient (Wildman–Crippen LogP) is 5.47. The van der Waals surface area contributed by atoms with E-state index in [0.717, 1.165) is 94.3 Å². The first-order chi connectivity index (χ1) is 19.9. The summed E-state index contributed by atoms with van der Waals surface area (Å²) < 4.78 is 1.93. The van der Waals surface area contributed by atoms with E-state index >= 15 is 0 Å². The summed E-state index contributed by atoms with van der Waals surface area (Å²) in [6.07, 6.45) is 6.60. The molecule has 6 nitrogen and oxygen atoms in total. The van der Waals surface area contributed by atoms with Crippen LogP contribution in [0.1, 0.15) is 56.2 Å². The molecular formula is C32H31Cl3N4O2. The molecule has 1 saturated heterocycles. The highest BCUT2D eigenvalue weighted by atomic mass is 35.5. The van der Waals surface area contributed by atoms with Gasteiger partial charge in [0.1, 0.15) is 11.4 Å². The highest BCUT2D eigenvalue weighted by Gasteiger charge is 2.35. The smallest absolute Gasteiger partial charge is 0.218 e. The van der Waals surface area contributed by atoms with Gasteiger partial charge in [-0.05, 0) is 84.3 Å². The molecule has 3 aliphatic rings. The lowest BCUT2D eigenvalue weighted by Gasteiger charge is -2.34. The summed E-state index contributed by atoms with van der Waals surface area (Å²) in [4.78, 5) is 2.42. The number of piperazine rings is 1. The van der Waals surface area contributed by atoms with Gasteiger partial charge in [0.05, 0.1) is 0 Å². The second-order valence-corrected chi connectivity index (χ2v) is 12.0. The summed E-state index contributed by atoms with van der Waals surface area (Å²) in [5.41, 5.74) is 8.28. The Balaban J connectivity index is 0.000000152. The second kappa shape index (κ2) is 12.2. The average molecular weight is 610 g/mol. The molecule has 41 heavy (non-hydrogen) atoms. The lowest BCUT2D eigenvalue weighted by molar-refractivity contribution is -0.617. The molecule has 0 amide bonds. The van der Waals surface area contributed by atoms with Crippen LogP contribution in [0.4, 0.5) is 0 Å². The minimum absolute atomic E-state index is 0.0144. The Morgan fingerprint density at radius 3 is 1.83 bits per heavy atom. The van der Waals surface area contributed by atoms with Gasteiger partial charge in [-0.15, -0.1) is 11.6 Å². The first kappa shape index (κ1) is 28.3. The predicted molar refractivity (Wildman–Crippen MR) is 163 cm³/mol. The fourth-order valence-electron chi connectivity index (χ4n) is 6.32. The molecule has 1 N–H and O–H groups in total. The van der Waals surface area contributed by atoms with Crippen LogP contribution >= 0.6 is 34.8 Å². The zero-order valence-corrected chi connectivity index (χ0v) is 24.8. The number of nitrogens with zero attached hydrogens (tertiary/aromatic N) is 3. The number of nitrogens with one attached hydrogen (secondary N) is 1. The van der Waals surface area contributed by atoms with E-state index in [2.05, 4.69) is 28.4 Å². The molecule has 0 spiro atoms. The largest absolute Gasteiger partial charge is 0.618 e.